The standard InChI is InChI=1S/C9H8ClNO2/c1-2-6-8(12)5-3-4-7(10)11-9(5)13-6/h3-4,6H,2H2,1H3. The summed E-state index contributed by atoms with van der Waals surface area (Å²) in [6.45, 7) is 1.90. The Balaban J connectivity index is 2.44. The number of hydrogen-bond acceptors (Lipinski definition) is 3. The molecule has 68 valence electrons. The van der Waals surface area contributed by atoms with Crippen LogP contribution in [0.25, 0.3) is 0 Å². The zero-order valence-electron chi connectivity index (χ0n) is 7.08. The van der Waals surface area contributed by atoms with Crippen LogP contribution in [-0.4, -0.2) is 16.9 Å². The van der Waals surface area contributed by atoms with E-state index in [1.807, 2.05) is 6.92 Å². The zero-order chi connectivity index (χ0) is 9.42. The van der Waals surface area contributed by atoms with E-state index in [-0.39, 0.29) is 11.9 Å². The number of rotatable bonds is 1. The summed E-state index contributed by atoms with van der Waals surface area (Å²) in [5.41, 5.74) is 0.538. The predicted molar refractivity (Wildman–Crippen MR) is 48.3 cm³/mol. The Morgan fingerprint density at radius 2 is 2.38 bits per heavy atom. The molecule has 13 heavy (non-hydrogen) atoms. The van der Waals surface area contributed by atoms with E-state index in [0.717, 1.165) is 0 Å². The second-order valence-corrected chi connectivity index (χ2v) is 3.25. The van der Waals surface area contributed by atoms with Crippen LogP contribution in [0.5, 0.6) is 5.88 Å². The highest BCUT2D eigenvalue weighted by molar-refractivity contribution is 6.29. The van der Waals surface area contributed by atoms with Gasteiger partial charge in [0.05, 0.1) is 5.56 Å². The Bertz CT molecular complexity index is 365. The van der Waals surface area contributed by atoms with Gasteiger partial charge in [0.15, 0.2) is 6.10 Å². The van der Waals surface area contributed by atoms with Gasteiger partial charge < -0.3 is 4.74 Å². The molecule has 0 spiro atoms. The van der Waals surface area contributed by atoms with E-state index in [4.69, 9.17) is 16.3 Å². The third kappa shape index (κ3) is 1.29. The molecule has 1 atom stereocenters. The van der Waals surface area contributed by atoms with Gasteiger partial charge in [-0.3, -0.25) is 4.79 Å². The van der Waals surface area contributed by atoms with Crippen molar-refractivity contribution in [2.45, 2.75) is 19.4 Å². The lowest BCUT2D eigenvalue weighted by Crippen LogP contribution is -2.18. The molecule has 1 unspecified atom stereocenters. The molecule has 2 rings (SSSR count). The number of aromatic nitrogens is 1. The first-order valence-corrected chi connectivity index (χ1v) is 4.47. The highest BCUT2D eigenvalue weighted by Crippen LogP contribution is 2.28. The quantitative estimate of drug-likeness (QED) is 0.648. The maximum atomic E-state index is 11.5. The van der Waals surface area contributed by atoms with Gasteiger partial charge in [-0.05, 0) is 18.6 Å². The van der Waals surface area contributed by atoms with Crippen molar-refractivity contribution in [1.82, 2.24) is 4.98 Å². The summed E-state index contributed by atoms with van der Waals surface area (Å²) >= 11 is 5.66. The van der Waals surface area contributed by atoms with Crippen molar-refractivity contribution in [1.29, 1.82) is 0 Å². The summed E-state index contributed by atoms with van der Waals surface area (Å²) < 4.78 is 5.30. The van der Waals surface area contributed by atoms with Crippen molar-refractivity contribution in [3.05, 3.63) is 22.8 Å². The number of ether oxygens (including phenoxy) is 1. The Labute approximate surface area is 80.7 Å². The van der Waals surface area contributed by atoms with E-state index in [0.29, 0.717) is 23.0 Å². The normalized spacial score (nSPS) is 19.8. The summed E-state index contributed by atoms with van der Waals surface area (Å²) in [6.07, 6.45) is 0.285. The molecule has 0 saturated heterocycles. The van der Waals surface area contributed by atoms with Crippen LogP contribution in [-0.2, 0) is 0 Å². The molecule has 1 aromatic rings. The SMILES string of the molecule is CCC1Oc2nc(Cl)ccc2C1=O. The number of halogens is 1. The van der Waals surface area contributed by atoms with Crippen molar-refractivity contribution in [2.75, 3.05) is 0 Å². The van der Waals surface area contributed by atoms with Gasteiger partial charge in [0.1, 0.15) is 5.15 Å². The fourth-order valence-electron chi connectivity index (χ4n) is 1.33. The van der Waals surface area contributed by atoms with Gasteiger partial charge in [0.25, 0.3) is 0 Å². The highest BCUT2D eigenvalue weighted by atomic mass is 35.5. The van der Waals surface area contributed by atoms with Crippen LogP contribution in [0.3, 0.4) is 0 Å². The van der Waals surface area contributed by atoms with Gasteiger partial charge in [0, 0.05) is 0 Å². The number of hydrogen-bond donors (Lipinski definition) is 0. The van der Waals surface area contributed by atoms with Crippen molar-refractivity contribution >= 4 is 17.4 Å². The molecule has 4 heteroatoms. The lowest BCUT2D eigenvalue weighted by atomic mass is 10.1. The molecule has 0 bridgehead atoms. The molecule has 0 fully saturated rings. The van der Waals surface area contributed by atoms with Crippen LogP contribution in [0.4, 0.5) is 0 Å². The first kappa shape index (κ1) is 8.51. The van der Waals surface area contributed by atoms with E-state index in [2.05, 4.69) is 4.98 Å². The summed E-state index contributed by atoms with van der Waals surface area (Å²) in [5, 5.41) is 0.350. The first-order valence-electron chi connectivity index (χ1n) is 4.09. The number of carbonyl (C=O) groups excluding carboxylic acids is 1. The molecule has 0 N–H and O–H groups in total. The maximum Gasteiger partial charge on any atom is 0.226 e. The van der Waals surface area contributed by atoms with E-state index in [1.165, 1.54) is 0 Å². The smallest absolute Gasteiger partial charge is 0.226 e. The van der Waals surface area contributed by atoms with Crippen LogP contribution >= 0.6 is 11.6 Å². The van der Waals surface area contributed by atoms with Crippen molar-refractivity contribution in [2.24, 2.45) is 0 Å². The number of carbonyl (C=O) groups is 1. The summed E-state index contributed by atoms with van der Waals surface area (Å²) in [7, 11) is 0. The molecule has 3 nitrogen and oxygen atoms in total. The fraction of sp³-hybridized carbons (Fsp3) is 0.333. The minimum absolute atomic E-state index is 0.00154. The van der Waals surface area contributed by atoms with Crippen LogP contribution < -0.4 is 4.74 Å². The predicted octanol–water partition coefficient (Wildman–Crippen LogP) is 2.09. The van der Waals surface area contributed by atoms with E-state index < -0.39 is 0 Å². The van der Waals surface area contributed by atoms with E-state index in [9.17, 15) is 4.79 Å². The van der Waals surface area contributed by atoms with Crippen molar-refractivity contribution < 1.29 is 9.53 Å². The average Bonchev–Trinajstić information content (AvgIpc) is 2.42. The third-order valence-corrected chi connectivity index (χ3v) is 2.22. The van der Waals surface area contributed by atoms with Crippen LogP contribution in [0.15, 0.2) is 12.1 Å². The lowest BCUT2D eigenvalue weighted by Gasteiger charge is -2.03. The van der Waals surface area contributed by atoms with Crippen LogP contribution in [0, 0.1) is 0 Å². The Hall–Kier alpha value is -1.09. The zero-order valence-corrected chi connectivity index (χ0v) is 7.84. The number of Topliss-reactive ketones (excluding diaryl/α,β-unsaturated/α-hetero) is 1. The van der Waals surface area contributed by atoms with E-state index >= 15 is 0 Å². The highest BCUT2D eigenvalue weighted by Gasteiger charge is 2.31. The molecule has 0 saturated carbocycles. The average molecular weight is 198 g/mol. The largest absolute Gasteiger partial charge is 0.465 e. The lowest BCUT2D eigenvalue weighted by molar-refractivity contribution is 0.0849. The Morgan fingerprint density at radius 3 is 3.08 bits per heavy atom. The molecule has 0 amide bonds. The van der Waals surface area contributed by atoms with Crippen molar-refractivity contribution in [3.63, 3.8) is 0 Å². The molecule has 0 aliphatic carbocycles. The van der Waals surface area contributed by atoms with Gasteiger partial charge in [0.2, 0.25) is 11.7 Å². The first-order chi connectivity index (χ1) is 6.22. The van der Waals surface area contributed by atoms with Gasteiger partial charge >= 0.3 is 0 Å². The molecule has 0 radical (unpaired) electrons. The summed E-state index contributed by atoms with van der Waals surface area (Å²) in [6, 6.07) is 3.25. The van der Waals surface area contributed by atoms with Gasteiger partial charge in [-0.15, -0.1) is 0 Å². The van der Waals surface area contributed by atoms with Gasteiger partial charge in [-0.25, -0.2) is 4.98 Å². The molecule has 1 aliphatic heterocycles. The topological polar surface area (TPSA) is 39.2 Å². The van der Waals surface area contributed by atoms with E-state index in [1.54, 1.807) is 12.1 Å². The minimum atomic E-state index is -0.374. The number of ketones is 1. The number of nitrogens with zero attached hydrogens (tertiary/aromatic N) is 1. The van der Waals surface area contributed by atoms with Gasteiger partial charge in [-0.2, -0.15) is 0 Å². The molecular weight excluding hydrogens is 190 g/mol. The van der Waals surface area contributed by atoms with Crippen LogP contribution in [0.2, 0.25) is 5.15 Å². The monoisotopic (exact) mass is 197 g/mol. The van der Waals surface area contributed by atoms with Gasteiger partial charge in [-0.1, -0.05) is 18.5 Å². The second kappa shape index (κ2) is 3.00. The number of pyridine rings is 1. The number of fused-ring (bicyclic) bond motifs is 1. The van der Waals surface area contributed by atoms with Crippen LogP contribution in [0.1, 0.15) is 23.7 Å². The molecule has 1 aliphatic rings. The fourth-order valence-corrected chi connectivity index (χ4v) is 1.47. The third-order valence-electron chi connectivity index (χ3n) is 2.01. The Morgan fingerprint density at radius 1 is 1.62 bits per heavy atom. The summed E-state index contributed by atoms with van der Waals surface area (Å²) in [5.74, 6) is 0.367. The minimum Gasteiger partial charge on any atom is -0.465 e. The Kier molecular flexibility index (Phi) is 1.96. The molecule has 1 aromatic heterocycles. The molecule has 2 heterocycles. The summed E-state index contributed by atoms with van der Waals surface area (Å²) in [4.78, 5) is 15.5. The second-order valence-electron chi connectivity index (χ2n) is 2.87. The maximum absolute atomic E-state index is 11.5. The molecular formula is C9H8ClNO2. The molecule has 0 aromatic carbocycles. The van der Waals surface area contributed by atoms with Crippen molar-refractivity contribution in [3.8, 4) is 5.88 Å².